The molecule has 0 radical (unpaired) electrons. The monoisotopic (exact) mass is 345 g/mol. The number of aromatic nitrogens is 2. The van der Waals surface area contributed by atoms with Crippen molar-refractivity contribution in [1.29, 1.82) is 0 Å². The number of hydrogen-bond acceptors (Lipinski definition) is 3. The molecule has 0 bridgehead atoms. The summed E-state index contributed by atoms with van der Waals surface area (Å²) in [5, 5.41) is 4.91. The number of rotatable bonds is 6. The summed E-state index contributed by atoms with van der Waals surface area (Å²) in [5.41, 5.74) is 1.62. The molecule has 1 aromatic carbocycles. The van der Waals surface area contributed by atoms with Gasteiger partial charge in [0, 0.05) is 13.1 Å². The maximum atomic E-state index is 12.8. The van der Waals surface area contributed by atoms with Crippen LogP contribution in [-0.4, -0.2) is 24.7 Å². The van der Waals surface area contributed by atoms with Crippen LogP contribution >= 0.6 is 11.6 Å². The van der Waals surface area contributed by atoms with Gasteiger partial charge in [0.1, 0.15) is 5.82 Å². The highest BCUT2D eigenvalue weighted by Gasteiger charge is 2.13. The standard InChI is InChI=1S/C14H17ClFN3O2S/c1-10-14(15)11(2)19(18-10)9-3-8-17-22(20,21)13-6-4-12(16)5-7-13/h4-7,17H,3,8-9H2,1-2H3. The Morgan fingerprint density at radius 1 is 1.27 bits per heavy atom. The van der Waals surface area contributed by atoms with Gasteiger partial charge in [-0.25, -0.2) is 17.5 Å². The first-order valence-corrected chi connectivity index (χ1v) is 8.62. The van der Waals surface area contributed by atoms with Crippen LogP contribution in [0.1, 0.15) is 17.8 Å². The minimum atomic E-state index is -3.62. The van der Waals surface area contributed by atoms with Gasteiger partial charge in [-0.1, -0.05) is 11.6 Å². The van der Waals surface area contributed by atoms with Crippen molar-refractivity contribution in [3.63, 3.8) is 0 Å². The van der Waals surface area contributed by atoms with E-state index in [9.17, 15) is 12.8 Å². The van der Waals surface area contributed by atoms with Crippen LogP contribution < -0.4 is 4.72 Å². The number of aryl methyl sites for hydroxylation is 2. The summed E-state index contributed by atoms with van der Waals surface area (Å²) in [6.07, 6.45) is 0.568. The normalized spacial score (nSPS) is 11.8. The Morgan fingerprint density at radius 3 is 2.45 bits per heavy atom. The lowest BCUT2D eigenvalue weighted by molar-refractivity contribution is 0.544. The number of halogens is 2. The van der Waals surface area contributed by atoms with Crippen molar-refractivity contribution in [3.8, 4) is 0 Å². The van der Waals surface area contributed by atoms with E-state index in [1.165, 1.54) is 12.1 Å². The average molecular weight is 346 g/mol. The fourth-order valence-corrected chi connectivity index (χ4v) is 3.23. The molecule has 2 aromatic rings. The highest BCUT2D eigenvalue weighted by molar-refractivity contribution is 7.89. The van der Waals surface area contributed by atoms with Crippen LogP contribution in [0.4, 0.5) is 4.39 Å². The van der Waals surface area contributed by atoms with Crippen molar-refractivity contribution >= 4 is 21.6 Å². The SMILES string of the molecule is Cc1nn(CCCNS(=O)(=O)c2ccc(F)cc2)c(C)c1Cl. The molecule has 1 aromatic heterocycles. The van der Waals surface area contributed by atoms with E-state index in [1.54, 1.807) is 4.68 Å². The predicted octanol–water partition coefficient (Wildman–Crippen LogP) is 2.66. The summed E-state index contributed by atoms with van der Waals surface area (Å²) in [5.74, 6) is -0.472. The Morgan fingerprint density at radius 2 is 1.91 bits per heavy atom. The van der Waals surface area contributed by atoms with Crippen molar-refractivity contribution in [3.05, 3.63) is 46.5 Å². The van der Waals surface area contributed by atoms with Crippen LogP contribution in [0.15, 0.2) is 29.2 Å². The number of nitrogens with one attached hydrogen (secondary N) is 1. The Hall–Kier alpha value is -1.44. The minimum Gasteiger partial charge on any atom is -0.268 e. The maximum Gasteiger partial charge on any atom is 0.240 e. The third-order valence-corrected chi connectivity index (χ3v) is 5.28. The molecule has 1 N–H and O–H groups in total. The maximum absolute atomic E-state index is 12.8. The first-order valence-electron chi connectivity index (χ1n) is 6.76. The number of nitrogens with zero attached hydrogens (tertiary/aromatic N) is 2. The average Bonchev–Trinajstić information content (AvgIpc) is 2.71. The minimum absolute atomic E-state index is 0.0445. The van der Waals surface area contributed by atoms with Crippen molar-refractivity contribution in [1.82, 2.24) is 14.5 Å². The van der Waals surface area contributed by atoms with Gasteiger partial charge in [0.25, 0.3) is 0 Å². The summed E-state index contributed by atoms with van der Waals surface area (Å²) >= 11 is 6.05. The topological polar surface area (TPSA) is 64.0 Å². The van der Waals surface area contributed by atoms with Crippen LogP contribution in [0.2, 0.25) is 5.02 Å². The lowest BCUT2D eigenvalue weighted by Gasteiger charge is -2.08. The smallest absolute Gasteiger partial charge is 0.240 e. The van der Waals surface area contributed by atoms with Gasteiger partial charge in [0.15, 0.2) is 0 Å². The first-order chi connectivity index (χ1) is 10.3. The zero-order chi connectivity index (χ0) is 16.3. The molecular weight excluding hydrogens is 329 g/mol. The molecule has 2 rings (SSSR count). The molecule has 0 saturated carbocycles. The van der Waals surface area contributed by atoms with E-state index in [-0.39, 0.29) is 11.4 Å². The molecule has 22 heavy (non-hydrogen) atoms. The number of hydrogen-bond donors (Lipinski definition) is 1. The van der Waals surface area contributed by atoms with E-state index < -0.39 is 15.8 Å². The van der Waals surface area contributed by atoms with Gasteiger partial charge in [0.05, 0.1) is 21.3 Å². The Balaban J connectivity index is 1.90. The lowest BCUT2D eigenvalue weighted by Crippen LogP contribution is -2.25. The molecule has 0 fully saturated rings. The fraction of sp³-hybridized carbons (Fsp3) is 0.357. The van der Waals surface area contributed by atoms with Crippen molar-refractivity contribution < 1.29 is 12.8 Å². The van der Waals surface area contributed by atoms with E-state index >= 15 is 0 Å². The number of sulfonamides is 1. The van der Waals surface area contributed by atoms with E-state index in [2.05, 4.69) is 9.82 Å². The summed E-state index contributed by atoms with van der Waals surface area (Å²) < 4.78 is 41.0. The van der Waals surface area contributed by atoms with Gasteiger partial charge < -0.3 is 0 Å². The molecule has 120 valence electrons. The van der Waals surface area contributed by atoms with Crippen molar-refractivity contribution in [2.24, 2.45) is 0 Å². The second kappa shape index (κ2) is 6.76. The fourth-order valence-electron chi connectivity index (χ4n) is 2.03. The Kier molecular flexibility index (Phi) is 5.20. The first kappa shape index (κ1) is 16.9. The molecule has 0 unspecified atom stereocenters. The van der Waals surface area contributed by atoms with Gasteiger partial charge in [-0.05, 0) is 44.5 Å². The molecule has 0 aliphatic rings. The predicted molar refractivity (Wildman–Crippen MR) is 82.9 cm³/mol. The molecule has 8 heteroatoms. The third-order valence-electron chi connectivity index (χ3n) is 3.26. The van der Waals surface area contributed by atoms with E-state index in [0.29, 0.717) is 18.0 Å². The molecule has 0 aliphatic heterocycles. The molecule has 0 saturated heterocycles. The van der Waals surface area contributed by atoms with Gasteiger partial charge >= 0.3 is 0 Å². The van der Waals surface area contributed by atoms with Crippen LogP contribution in [0, 0.1) is 19.7 Å². The van der Waals surface area contributed by atoms with Gasteiger partial charge in [0.2, 0.25) is 10.0 Å². The number of benzene rings is 1. The van der Waals surface area contributed by atoms with Crippen LogP contribution in [0.25, 0.3) is 0 Å². The molecule has 5 nitrogen and oxygen atoms in total. The Bertz CT molecular complexity index is 757. The largest absolute Gasteiger partial charge is 0.268 e. The summed E-state index contributed by atoms with van der Waals surface area (Å²) in [6, 6.07) is 4.70. The van der Waals surface area contributed by atoms with Gasteiger partial charge in [-0.2, -0.15) is 5.10 Å². The van der Waals surface area contributed by atoms with Gasteiger partial charge in [-0.3, -0.25) is 4.68 Å². The van der Waals surface area contributed by atoms with Crippen molar-refractivity contribution in [2.75, 3.05) is 6.54 Å². The van der Waals surface area contributed by atoms with E-state index in [1.807, 2.05) is 13.8 Å². The van der Waals surface area contributed by atoms with Crippen LogP contribution in [0.3, 0.4) is 0 Å². The summed E-state index contributed by atoms with van der Waals surface area (Å²) in [6.45, 7) is 4.51. The van der Waals surface area contributed by atoms with E-state index in [0.717, 1.165) is 23.5 Å². The second-order valence-electron chi connectivity index (χ2n) is 4.91. The molecule has 0 amide bonds. The van der Waals surface area contributed by atoms with Crippen LogP contribution in [-0.2, 0) is 16.6 Å². The van der Waals surface area contributed by atoms with Gasteiger partial charge in [-0.15, -0.1) is 0 Å². The zero-order valence-corrected chi connectivity index (χ0v) is 13.9. The summed E-state index contributed by atoms with van der Waals surface area (Å²) in [7, 11) is -3.62. The molecule has 0 aliphatic carbocycles. The highest BCUT2D eigenvalue weighted by Crippen LogP contribution is 2.18. The van der Waals surface area contributed by atoms with Crippen LogP contribution in [0.5, 0.6) is 0 Å². The lowest BCUT2D eigenvalue weighted by atomic mass is 10.4. The molecule has 1 heterocycles. The zero-order valence-electron chi connectivity index (χ0n) is 12.3. The highest BCUT2D eigenvalue weighted by atomic mass is 35.5. The Labute approximate surface area is 134 Å². The molecular formula is C14H17ClFN3O2S. The third kappa shape index (κ3) is 3.85. The quantitative estimate of drug-likeness (QED) is 0.819. The second-order valence-corrected chi connectivity index (χ2v) is 7.06. The summed E-state index contributed by atoms with van der Waals surface area (Å²) in [4.78, 5) is 0.0445. The molecule has 0 spiro atoms. The van der Waals surface area contributed by atoms with E-state index in [4.69, 9.17) is 11.6 Å². The van der Waals surface area contributed by atoms with Crippen molar-refractivity contribution in [2.45, 2.75) is 31.7 Å². The molecule has 0 atom stereocenters.